The molecular formula is C13H18N2O3S. The quantitative estimate of drug-likeness (QED) is 0.839. The third kappa shape index (κ3) is 5.21. The van der Waals surface area contributed by atoms with E-state index in [9.17, 15) is 9.59 Å². The van der Waals surface area contributed by atoms with Crippen molar-refractivity contribution in [2.75, 3.05) is 26.9 Å². The molecule has 0 aromatic heterocycles. The molecule has 104 valence electrons. The molecule has 0 radical (unpaired) electrons. The van der Waals surface area contributed by atoms with E-state index in [-0.39, 0.29) is 5.91 Å². The topological polar surface area (TPSA) is 58.6 Å². The van der Waals surface area contributed by atoms with Crippen LogP contribution in [0.1, 0.15) is 6.42 Å². The summed E-state index contributed by atoms with van der Waals surface area (Å²) in [5.41, 5.74) is 0. The molecule has 6 heteroatoms. The van der Waals surface area contributed by atoms with E-state index in [0.717, 1.165) is 4.90 Å². The fourth-order valence-electron chi connectivity index (χ4n) is 1.28. The minimum atomic E-state index is -0.502. The monoisotopic (exact) mass is 282 g/mol. The van der Waals surface area contributed by atoms with Gasteiger partial charge in [-0.3, -0.25) is 4.79 Å². The highest BCUT2D eigenvalue weighted by molar-refractivity contribution is 7.99. The van der Waals surface area contributed by atoms with Crippen molar-refractivity contribution in [2.45, 2.75) is 11.3 Å². The second-order valence-electron chi connectivity index (χ2n) is 3.97. The van der Waals surface area contributed by atoms with Crippen LogP contribution in [-0.4, -0.2) is 43.8 Å². The molecule has 0 spiro atoms. The smallest absolute Gasteiger partial charge is 0.409 e. The highest BCUT2D eigenvalue weighted by Gasteiger charge is 2.09. The maximum Gasteiger partial charge on any atom is 0.412 e. The number of para-hydroxylation sites is 1. The van der Waals surface area contributed by atoms with Gasteiger partial charge in [-0.2, -0.15) is 0 Å². The van der Waals surface area contributed by atoms with E-state index in [4.69, 9.17) is 4.74 Å². The van der Waals surface area contributed by atoms with Gasteiger partial charge in [0.1, 0.15) is 5.75 Å². The van der Waals surface area contributed by atoms with E-state index < -0.39 is 6.09 Å². The lowest BCUT2D eigenvalue weighted by Gasteiger charge is -2.11. The van der Waals surface area contributed by atoms with Crippen LogP contribution >= 0.6 is 11.8 Å². The predicted molar refractivity (Wildman–Crippen MR) is 75.6 cm³/mol. The Morgan fingerprint density at radius 1 is 1.32 bits per heavy atom. The average Bonchev–Trinajstić information content (AvgIpc) is 2.40. The standard InChI is InChI=1S/C13H18N2O3S/c1-14-13(17)18-10-6-4-5-7-11(10)19-9-8-12(16)15(2)3/h4-7H,8-9H2,1-3H3,(H,14,17). The van der Waals surface area contributed by atoms with Crippen molar-refractivity contribution in [1.29, 1.82) is 0 Å². The summed E-state index contributed by atoms with van der Waals surface area (Å²) in [4.78, 5) is 25.1. The van der Waals surface area contributed by atoms with Crippen molar-refractivity contribution in [3.05, 3.63) is 24.3 Å². The molecule has 0 unspecified atom stereocenters. The molecule has 0 bridgehead atoms. The Morgan fingerprint density at radius 3 is 2.63 bits per heavy atom. The molecule has 0 atom stereocenters. The van der Waals surface area contributed by atoms with Crippen molar-refractivity contribution in [1.82, 2.24) is 10.2 Å². The lowest BCUT2D eigenvalue weighted by Crippen LogP contribution is -2.22. The van der Waals surface area contributed by atoms with Crippen molar-refractivity contribution >= 4 is 23.8 Å². The fraction of sp³-hybridized carbons (Fsp3) is 0.385. The first-order chi connectivity index (χ1) is 9.04. The fourth-order valence-corrected chi connectivity index (χ4v) is 2.20. The van der Waals surface area contributed by atoms with Crippen molar-refractivity contribution in [2.24, 2.45) is 0 Å². The number of carbonyl (C=O) groups is 2. The molecule has 19 heavy (non-hydrogen) atoms. The molecule has 1 aromatic carbocycles. The summed E-state index contributed by atoms with van der Waals surface area (Å²) in [5, 5.41) is 2.40. The van der Waals surface area contributed by atoms with Gasteiger partial charge in [-0.05, 0) is 12.1 Å². The van der Waals surface area contributed by atoms with E-state index >= 15 is 0 Å². The zero-order chi connectivity index (χ0) is 14.3. The first-order valence-electron chi connectivity index (χ1n) is 5.86. The molecule has 2 amide bonds. The van der Waals surface area contributed by atoms with Gasteiger partial charge >= 0.3 is 6.09 Å². The van der Waals surface area contributed by atoms with Gasteiger partial charge in [0.05, 0.1) is 4.90 Å². The molecule has 0 saturated carbocycles. The Bertz CT molecular complexity index is 449. The molecule has 5 nitrogen and oxygen atoms in total. The van der Waals surface area contributed by atoms with Gasteiger partial charge in [0, 0.05) is 33.3 Å². The molecule has 0 aliphatic carbocycles. The summed E-state index contributed by atoms with van der Waals surface area (Å²) < 4.78 is 5.13. The number of thioether (sulfide) groups is 1. The number of rotatable bonds is 5. The maximum atomic E-state index is 11.5. The van der Waals surface area contributed by atoms with Crippen LogP contribution in [0.4, 0.5) is 4.79 Å². The zero-order valence-electron chi connectivity index (χ0n) is 11.3. The van der Waals surface area contributed by atoms with Gasteiger partial charge in [-0.1, -0.05) is 12.1 Å². The Kier molecular flexibility index (Phi) is 6.21. The zero-order valence-corrected chi connectivity index (χ0v) is 12.1. The second-order valence-corrected chi connectivity index (χ2v) is 5.11. The Labute approximate surface area is 117 Å². The normalized spacial score (nSPS) is 9.84. The van der Waals surface area contributed by atoms with Crippen molar-refractivity contribution in [3.63, 3.8) is 0 Å². The van der Waals surface area contributed by atoms with E-state index in [1.807, 2.05) is 12.1 Å². The maximum absolute atomic E-state index is 11.5. The van der Waals surface area contributed by atoms with Crippen LogP contribution in [0.15, 0.2) is 29.2 Å². The van der Waals surface area contributed by atoms with Crippen molar-refractivity contribution in [3.8, 4) is 5.75 Å². The van der Waals surface area contributed by atoms with E-state index in [0.29, 0.717) is 17.9 Å². The van der Waals surface area contributed by atoms with Crippen molar-refractivity contribution < 1.29 is 14.3 Å². The van der Waals surface area contributed by atoms with E-state index in [2.05, 4.69) is 5.32 Å². The lowest BCUT2D eigenvalue weighted by atomic mass is 10.3. The van der Waals surface area contributed by atoms with Crippen LogP contribution < -0.4 is 10.1 Å². The highest BCUT2D eigenvalue weighted by atomic mass is 32.2. The molecule has 0 aliphatic rings. The minimum Gasteiger partial charge on any atom is -0.409 e. The third-order valence-electron chi connectivity index (χ3n) is 2.33. The molecule has 1 aromatic rings. The van der Waals surface area contributed by atoms with Gasteiger partial charge < -0.3 is 15.0 Å². The first-order valence-corrected chi connectivity index (χ1v) is 6.84. The molecule has 0 saturated heterocycles. The van der Waals surface area contributed by atoms with Gasteiger partial charge in [-0.25, -0.2) is 4.79 Å². The van der Waals surface area contributed by atoms with Crippen LogP contribution in [-0.2, 0) is 4.79 Å². The van der Waals surface area contributed by atoms with Gasteiger partial charge in [-0.15, -0.1) is 11.8 Å². The van der Waals surface area contributed by atoms with Crippen LogP contribution in [0.2, 0.25) is 0 Å². The summed E-state index contributed by atoms with van der Waals surface area (Å²) in [6, 6.07) is 7.26. The summed E-state index contributed by atoms with van der Waals surface area (Å²) in [7, 11) is 4.97. The average molecular weight is 282 g/mol. The van der Waals surface area contributed by atoms with Crippen LogP contribution in [0.5, 0.6) is 5.75 Å². The first kappa shape index (κ1) is 15.4. The third-order valence-corrected chi connectivity index (χ3v) is 3.38. The van der Waals surface area contributed by atoms with Crippen LogP contribution in [0, 0.1) is 0 Å². The number of ether oxygens (including phenoxy) is 1. The van der Waals surface area contributed by atoms with E-state index in [1.165, 1.54) is 18.8 Å². The Balaban J connectivity index is 2.58. The molecule has 0 heterocycles. The number of carbonyl (C=O) groups excluding carboxylic acids is 2. The largest absolute Gasteiger partial charge is 0.412 e. The molecule has 0 aliphatic heterocycles. The van der Waals surface area contributed by atoms with Crippen LogP contribution in [0.3, 0.4) is 0 Å². The minimum absolute atomic E-state index is 0.0807. The highest BCUT2D eigenvalue weighted by Crippen LogP contribution is 2.29. The van der Waals surface area contributed by atoms with Crippen LogP contribution in [0.25, 0.3) is 0 Å². The van der Waals surface area contributed by atoms with Gasteiger partial charge in [0.25, 0.3) is 0 Å². The van der Waals surface area contributed by atoms with E-state index in [1.54, 1.807) is 31.1 Å². The molecular weight excluding hydrogens is 264 g/mol. The van der Waals surface area contributed by atoms with Gasteiger partial charge in [0.2, 0.25) is 5.91 Å². The summed E-state index contributed by atoms with van der Waals surface area (Å²) in [5.74, 6) is 1.23. The Hall–Kier alpha value is -1.69. The number of amides is 2. The number of benzene rings is 1. The molecule has 1 rings (SSSR count). The summed E-state index contributed by atoms with van der Waals surface area (Å²) in [6.45, 7) is 0. The molecule has 1 N–H and O–H groups in total. The second kappa shape index (κ2) is 7.68. The number of nitrogens with zero attached hydrogens (tertiary/aromatic N) is 1. The predicted octanol–water partition coefficient (Wildman–Crippen LogP) is 1.98. The Morgan fingerprint density at radius 2 is 2.00 bits per heavy atom. The number of hydrogen-bond donors (Lipinski definition) is 1. The SMILES string of the molecule is CNC(=O)Oc1ccccc1SCCC(=O)N(C)C. The lowest BCUT2D eigenvalue weighted by molar-refractivity contribution is -0.128. The molecule has 0 fully saturated rings. The number of nitrogens with one attached hydrogen (secondary N) is 1. The number of hydrogen-bond acceptors (Lipinski definition) is 4. The van der Waals surface area contributed by atoms with Gasteiger partial charge in [0.15, 0.2) is 0 Å². The summed E-state index contributed by atoms with van der Waals surface area (Å²) in [6.07, 6.45) is -0.0520. The summed E-state index contributed by atoms with van der Waals surface area (Å²) >= 11 is 1.49.